The van der Waals surface area contributed by atoms with Crippen molar-refractivity contribution in [2.75, 3.05) is 0 Å². The minimum absolute atomic E-state index is 0.0163. The molecule has 5 amide bonds. The van der Waals surface area contributed by atoms with Crippen molar-refractivity contribution in [2.45, 2.75) is 18.5 Å². The molecule has 0 spiro atoms. The second kappa shape index (κ2) is 9.38. The molecule has 166 valence electrons. The average Bonchev–Trinajstić information content (AvgIpc) is 2.79. The maximum Gasteiger partial charge on any atom is 0.328 e. The van der Waals surface area contributed by atoms with Gasteiger partial charge in [-0.3, -0.25) is 25.0 Å². The molecule has 1 fully saturated rings. The lowest BCUT2D eigenvalue weighted by atomic mass is 9.83. The molecule has 1 aliphatic rings. The number of hydrogen-bond acceptors (Lipinski definition) is 4. The second-order valence-corrected chi connectivity index (χ2v) is 8.50. The Morgan fingerprint density at radius 2 is 1.36 bits per heavy atom. The van der Waals surface area contributed by atoms with Gasteiger partial charge in [-0.05, 0) is 28.8 Å². The number of amides is 5. The maximum absolute atomic E-state index is 13.7. The predicted octanol–water partition coefficient (Wildman–Crippen LogP) is 3.28. The molecule has 0 aromatic heterocycles. The monoisotopic (exact) mass is 505 g/mol. The van der Waals surface area contributed by atoms with Gasteiger partial charge in [-0.1, -0.05) is 88.7 Å². The van der Waals surface area contributed by atoms with E-state index < -0.39 is 29.3 Å². The second-order valence-electron chi connectivity index (χ2n) is 7.59. The first-order chi connectivity index (χ1) is 15.9. The molecule has 0 bridgehead atoms. The van der Waals surface area contributed by atoms with Gasteiger partial charge < -0.3 is 4.90 Å². The Hall–Kier alpha value is -3.78. The lowest BCUT2D eigenvalue weighted by molar-refractivity contribution is -0.158. The third kappa shape index (κ3) is 4.42. The summed E-state index contributed by atoms with van der Waals surface area (Å²) in [5.41, 5.74) is -0.337. The standard InChI is InChI=1S/C25H20BrN3O4/c26-20-13-7-10-18(14-20)15-21(30)29(16-17-8-3-1-4-9-17)25(19-11-5-2-6-12-19)22(31)27-24(33)28-23(25)32/h1-14H,15-16H2,(H2,27,28,31,32,33). The molecule has 4 rings (SSSR count). The van der Waals surface area contributed by atoms with Gasteiger partial charge in [0.1, 0.15) is 0 Å². The van der Waals surface area contributed by atoms with E-state index in [0.717, 1.165) is 10.0 Å². The molecule has 1 saturated heterocycles. The Bertz CT molecular complexity index is 1190. The zero-order valence-electron chi connectivity index (χ0n) is 17.5. The van der Waals surface area contributed by atoms with Gasteiger partial charge in [0.2, 0.25) is 11.4 Å². The van der Waals surface area contributed by atoms with E-state index in [4.69, 9.17) is 0 Å². The Balaban J connectivity index is 1.86. The summed E-state index contributed by atoms with van der Waals surface area (Å²) in [6.45, 7) is -0.0163. The van der Waals surface area contributed by atoms with Crippen molar-refractivity contribution in [1.29, 1.82) is 0 Å². The van der Waals surface area contributed by atoms with Gasteiger partial charge in [-0.2, -0.15) is 0 Å². The van der Waals surface area contributed by atoms with E-state index in [0.29, 0.717) is 5.56 Å². The highest BCUT2D eigenvalue weighted by Crippen LogP contribution is 2.34. The number of halogens is 1. The predicted molar refractivity (Wildman–Crippen MR) is 125 cm³/mol. The first-order valence-electron chi connectivity index (χ1n) is 10.2. The molecule has 3 aromatic rings. The molecule has 0 aliphatic carbocycles. The molecule has 8 heteroatoms. The van der Waals surface area contributed by atoms with Crippen molar-refractivity contribution >= 4 is 39.7 Å². The molecule has 0 saturated carbocycles. The van der Waals surface area contributed by atoms with E-state index in [1.54, 1.807) is 48.5 Å². The van der Waals surface area contributed by atoms with Crippen LogP contribution in [-0.4, -0.2) is 28.7 Å². The fraction of sp³-hybridized carbons (Fsp3) is 0.120. The number of nitrogens with one attached hydrogen (secondary N) is 2. The van der Waals surface area contributed by atoms with Crippen LogP contribution in [0.25, 0.3) is 0 Å². The Labute approximate surface area is 198 Å². The molecule has 0 unspecified atom stereocenters. The van der Waals surface area contributed by atoms with Gasteiger partial charge in [0.05, 0.1) is 6.42 Å². The summed E-state index contributed by atoms with van der Waals surface area (Å²) in [4.78, 5) is 53.7. The Morgan fingerprint density at radius 3 is 1.97 bits per heavy atom. The number of nitrogens with zero attached hydrogens (tertiary/aromatic N) is 1. The van der Waals surface area contributed by atoms with E-state index >= 15 is 0 Å². The molecule has 33 heavy (non-hydrogen) atoms. The minimum Gasteiger partial charge on any atom is -0.312 e. The first-order valence-corrected chi connectivity index (χ1v) is 11.0. The lowest BCUT2D eigenvalue weighted by Crippen LogP contribution is -2.71. The van der Waals surface area contributed by atoms with E-state index in [1.807, 2.05) is 36.4 Å². The van der Waals surface area contributed by atoms with Gasteiger partial charge in [-0.25, -0.2) is 4.79 Å². The molecule has 0 radical (unpaired) electrons. The van der Waals surface area contributed by atoms with Gasteiger partial charge in [-0.15, -0.1) is 0 Å². The third-order valence-electron chi connectivity index (χ3n) is 5.44. The van der Waals surface area contributed by atoms with E-state index in [-0.39, 0.29) is 18.5 Å². The Kier molecular flexibility index (Phi) is 6.37. The van der Waals surface area contributed by atoms with Crippen molar-refractivity contribution < 1.29 is 19.2 Å². The molecule has 1 aliphatic heterocycles. The zero-order valence-corrected chi connectivity index (χ0v) is 19.0. The SMILES string of the molecule is O=C1NC(=O)C(c2ccccc2)(N(Cc2ccccc2)C(=O)Cc2cccc(Br)c2)C(=O)N1. The van der Waals surface area contributed by atoms with Crippen molar-refractivity contribution in [2.24, 2.45) is 0 Å². The number of carbonyl (C=O) groups is 4. The molecule has 7 nitrogen and oxygen atoms in total. The Morgan fingerprint density at radius 1 is 0.788 bits per heavy atom. The highest BCUT2D eigenvalue weighted by molar-refractivity contribution is 9.10. The number of carbonyl (C=O) groups excluding carboxylic acids is 4. The summed E-state index contributed by atoms with van der Waals surface area (Å²) >= 11 is 3.40. The van der Waals surface area contributed by atoms with Crippen LogP contribution in [0.1, 0.15) is 16.7 Å². The number of urea groups is 1. The van der Waals surface area contributed by atoms with Crippen LogP contribution >= 0.6 is 15.9 Å². The number of rotatable bonds is 6. The van der Waals surface area contributed by atoms with Crippen molar-refractivity contribution in [3.63, 3.8) is 0 Å². The molecular formula is C25H20BrN3O4. The molecular weight excluding hydrogens is 486 g/mol. The highest BCUT2D eigenvalue weighted by Gasteiger charge is 2.57. The first kappa shape index (κ1) is 22.4. The summed E-state index contributed by atoms with van der Waals surface area (Å²) in [5.74, 6) is -2.19. The van der Waals surface area contributed by atoms with Crippen molar-refractivity contribution in [3.8, 4) is 0 Å². The van der Waals surface area contributed by atoms with Gasteiger partial charge in [0.15, 0.2) is 0 Å². The van der Waals surface area contributed by atoms with Gasteiger partial charge >= 0.3 is 6.03 Å². The largest absolute Gasteiger partial charge is 0.328 e. The van der Waals surface area contributed by atoms with Gasteiger partial charge in [0.25, 0.3) is 11.8 Å². The zero-order chi connectivity index (χ0) is 23.4. The fourth-order valence-electron chi connectivity index (χ4n) is 3.94. The number of imide groups is 2. The highest BCUT2D eigenvalue weighted by atomic mass is 79.9. The van der Waals surface area contributed by atoms with Crippen molar-refractivity contribution in [3.05, 3.63) is 106 Å². The summed E-state index contributed by atoms with van der Waals surface area (Å²) in [6, 6.07) is 23.7. The fourth-order valence-corrected chi connectivity index (χ4v) is 4.39. The van der Waals surface area contributed by atoms with E-state index in [2.05, 4.69) is 26.6 Å². The van der Waals surface area contributed by atoms with E-state index in [1.165, 1.54) is 4.90 Å². The van der Waals surface area contributed by atoms with Crippen LogP contribution in [-0.2, 0) is 32.9 Å². The number of benzene rings is 3. The molecule has 1 heterocycles. The average molecular weight is 506 g/mol. The molecule has 2 N–H and O–H groups in total. The topological polar surface area (TPSA) is 95.6 Å². The smallest absolute Gasteiger partial charge is 0.312 e. The van der Waals surface area contributed by atoms with Crippen LogP contribution in [0.4, 0.5) is 4.79 Å². The van der Waals surface area contributed by atoms with Crippen LogP contribution in [0.5, 0.6) is 0 Å². The van der Waals surface area contributed by atoms with Crippen LogP contribution in [0, 0.1) is 0 Å². The summed E-state index contributed by atoms with van der Waals surface area (Å²) in [6.07, 6.45) is -0.0463. The summed E-state index contributed by atoms with van der Waals surface area (Å²) in [5, 5.41) is 4.36. The quantitative estimate of drug-likeness (QED) is 0.502. The van der Waals surface area contributed by atoms with Crippen LogP contribution < -0.4 is 10.6 Å². The molecule has 0 atom stereocenters. The van der Waals surface area contributed by atoms with Gasteiger partial charge in [0, 0.05) is 11.0 Å². The lowest BCUT2D eigenvalue weighted by Gasteiger charge is -2.43. The summed E-state index contributed by atoms with van der Waals surface area (Å²) < 4.78 is 0.805. The van der Waals surface area contributed by atoms with Crippen LogP contribution in [0.3, 0.4) is 0 Å². The number of barbiturate groups is 1. The van der Waals surface area contributed by atoms with Crippen molar-refractivity contribution in [1.82, 2.24) is 15.5 Å². The maximum atomic E-state index is 13.7. The normalized spacial score (nSPS) is 14.9. The summed E-state index contributed by atoms with van der Waals surface area (Å²) in [7, 11) is 0. The van der Waals surface area contributed by atoms with Crippen LogP contribution in [0.15, 0.2) is 89.4 Å². The van der Waals surface area contributed by atoms with Crippen LogP contribution in [0.2, 0.25) is 0 Å². The third-order valence-corrected chi connectivity index (χ3v) is 5.93. The number of hydrogen-bond donors (Lipinski definition) is 2. The minimum atomic E-state index is -2.06. The molecule has 3 aromatic carbocycles. The van der Waals surface area contributed by atoms with E-state index in [9.17, 15) is 19.2 Å².